The molecule has 0 saturated heterocycles. The Morgan fingerprint density at radius 3 is 2.50 bits per heavy atom. The lowest BCUT2D eigenvalue weighted by Crippen LogP contribution is -2.47. The fourth-order valence-electron chi connectivity index (χ4n) is 3.30. The number of nitrogens with one attached hydrogen (secondary N) is 1. The van der Waals surface area contributed by atoms with Crippen LogP contribution in [0.5, 0.6) is 5.75 Å². The molecular weight excluding hydrogens is 350 g/mol. The Balaban J connectivity index is 1.54. The molecule has 0 heterocycles. The molecule has 0 fully saturated rings. The molecule has 0 saturated carbocycles. The minimum atomic E-state index is -3.45. The third kappa shape index (κ3) is 4.84. The van der Waals surface area contributed by atoms with Gasteiger partial charge in [-0.2, -0.15) is 0 Å². The number of sulfonamides is 1. The maximum Gasteiger partial charge on any atom is 0.212 e. The van der Waals surface area contributed by atoms with E-state index >= 15 is 0 Å². The molecule has 0 amide bonds. The van der Waals surface area contributed by atoms with Crippen molar-refractivity contribution in [3.8, 4) is 5.75 Å². The van der Waals surface area contributed by atoms with Crippen molar-refractivity contribution in [3.05, 3.63) is 65.2 Å². The van der Waals surface area contributed by atoms with E-state index in [4.69, 9.17) is 4.74 Å². The number of methoxy groups -OCH3 is 1. The molecular formula is C20H25NO4S. The molecule has 0 aromatic heterocycles. The summed E-state index contributed by atoms with van der Waals surface area (Å²) in [5.74, 6) is 0.737. The van der Waals surface area contributed by atoms with Crippen molar-refractivity contribution in [1.29, 1.82) is 0 Å². The average molecular weight is 375 g/mol. The topological polar surface area (TPSA) is 75.6 Å². The standard InChI is InChI=1S/C20H25NO4S/c1-25-19-8-6-16(7-9-19)11-13-26(23,24)21-15-20(22)12-10-17-4-2-3-5-18(17)14-20/h2-9,21-22H,10-15H2,1H3. The number of rotatable bonds is 7. The number of ether oxygens (including phenoxy) is 1. The molecule has 0 radical (unpaired) electrons. The zero-order valence-electron chi connectivity index (χ0n) is 14.9. The molecule has 2 aromatic carbocycles. The number of benzene rings is 2. The Hall–Kier alpha value is -1.89. The lowest BCUT2D eigenvalue weighted by molar-refractivity contribution is 0.0317. The highest BCUT2D eigenvalue weighted by atomic mass is 32.2. The number of hydrogen-bond donors (Lipinski definition) is 2. The van der Waals surface area contributed by atoms with Crippen LogP contribution >= 0.6 is 0 Å². The van der Waals surface area contributed by atoms with Crippen molar-refractivity contribution in [3.63, 3.8) is 0 Å². The van der Waals surface area contributed by atoms with E-state index in [-0.39, 0.29) is 12.3 Å². The molecule has 26 heavy (non-hydrogen) atoms. The number of fused-ring (bicyclic) bond motifs is 1. The molecule has 1 aliphatic rings. The van der Waals surface area contributed by atoms with Gasteiger partial charge in [-0.05, 0) is 48.1 Å². The molecule has 2 aromatic rings. The Morgan fingerprint density at radius 2 is 1.81 bits per heavy atom. The van der Waals surface area contributed by atoms with Gasteiger partial charge in [-0.3, -0.25) is 0 Å². The van der Waals surface area contributed by atoms with Gasteiger partial charge in [-0.1, -0.05) is 36.4 Å². The van der Waals surface area contributed by atoms with Crippen LogP contribution in [0.1, 0.15) is 23.1 Å². The van der Waals surface area contributed by atoms with Crippen molar-refractivity contribution in [2.24, 2.45) is 0 Å². The maximum atomic E-state index is 12.3. The molecule has 1 unspecified atom stereocenters. The summed E-state index contributed by atoms with van der Waals surface area (Å²) in [6.07, 6.45) is 2.22. The van der Waals surface area contributed by atoms with Crippen LogP contribution in [0.3, 0.4) is 0 Å². The second-order valence-electron chi connectivity index (χ2n) is 6.91. The van der Waals surface area contributed by atoms with E-state index in [0.29, 0.717) is 19.3 Å². The normalized spacial score (nSPS) is 19.8. The number of hydrogen-bond acceptors (Lipinski definition) is 4. The largest absolute Gasteiger partial charge is 0.497 e. The third-order valence-electron chi connectivity index (χ3n) is 4.94. The van der Waals surface area contributed by atoms with E-state index in [1.165, 1.54) is 5.56 Å². The van der Waals surface area contributed by atoms with Crippen LogP contribution < -0.4 is 9.46 Å². The van der Waals surface area contributed by atoms with Gasteiger partial charge in [0.25, 0.3) is 0 Å². The van der Waals surface area contributed by atoms with Gasteiger partial charge in [0, 0.05) is 13.0 Å². The fourth-order valence-corrected chi connectivity index (χ4v) is 4.43. The van der Waals surface area contributed by atoms with Crippen LogP contribution in [0.15, 0.2) is 48.5 Å². The summed E-state index contributed by atoms with van der Waals surface area (Å²) in [6.45, 7) is 0.0479. The quantitative estimate of drug-likeness (QED) is 0.777. The van der Waals surface area contributed by atoms with Crippen molar-refractivity contribution in [2.45, 2.75) is 31.3 Å². The molecule has 0 aliphatic heterocycles. The summed E-state index contributed by atoms with van der Waals surface area (Å²) < 4.78 is 32.3. The first-order chi connectivity index (χ1) is 12.4. The molecule has 0 bridgehead atoms. The number of aryl methyl sites for hydroxylation is 2. The third-order valence-corrected chi connectivity index (χ3v) is 6.26. The molecule has 6 heteroatoms. The lowest BCUT2D eigenvalue weighted by Gasteiger charge is -2.33. The van der Waals surface area contributed by atoms with Crippen molar-refractivity contribution >= 4 is 10.0 Å². The molecule has 140 valence electrons. The zero-order valence-corrected chi connectivity index (χ0v) is 15.8. The van der Waals surface area contributed by atoms with Crippen LogP contribution in [0.2, 0.25) is 0 Å². The first kappa shape index (κ1) is 18.9. The van der Waals surface area contributed by atoms with Gasteiger partial charge in [-0.15, -0.1) is 0 Å². The van der Waals surface area contributed by atoms with Gasteiger partial charge < -0.3 is 9.84 Å². The Bertz CT molecular complexity index is 848. The van der Waals surface area contributed by atoms with Gasteiger partial charge in [0.2, 0.25) is 10.0 Å². The Kier molecular flexibility index (Phi) is 5.65. The van der Waals surface area contributed by atoms with E-state index in [0.717, 1.165) is 23.3 Å². The van der Waals surface area contributed by atoms with E-state index in [1.807, 2.05) is 42.5 Å². The second-order valence-corrected chi connectivity index (χ2v) is 8.83. The fraction of sp³-hybridized carbons (Fsp3) is 0.400. The van der Waals surface area contributed by atoms with E-state index in [1.54, 1.807) is 7.11 Å². The van der Waals surface area contributed by atoms with Crippen molar-refractivity contribution in [1.82, 2.24) is 4.72 Å². The van der Waals surface area contributed by atoms with E-state index < -0.39 is 15.6 Å². The van der Waals surface area contributed by atoms with Crippen molar-refractivity contribution < 1.29 is 18.3 Å². The predicted octanol–water partition coefficient (Wildman–Crippen LogP) is 2.08. The molecule has 2 N–H and O–H groups in total. The van der Waals surface area contributed by atoms with E-state index in [9.17, 15) is 13.5 Å². The monoisotopic (exact) mass is 375 g/mol. The van der Waals surface area contributed by atoms with Gasteiger partial charge in [0.05, 0.1) is 18.5 Å². The van der Waals surface area contributed by atoms with Crippen LogP contribution in [0.4, 0.5) is 0 Å². The maximum absolute atomic E-state index is 12.3. The van der Waals surface area contributed by atoms with Crippen LogP contribution in [-0.4, -0.2) is 38.5 Å². The minimum Gasteiger partial charge on any atom is -0.497 e. The molecule has 0 spiro atoms. The molecule has 3 rings (SSSR count). The SMILES string of the molecule is COc1ccc(CCS(=O)(=O)NCC2(O)CCc3ccccc3C2)cc1. The molecule has 5 nitrogen and oxygen atoms in total. The Morgan fingerprint density at radius 1 is 1.12 bits per heavy atom. The second kappa shape index (κ2) is 7.78. The van der Waals surface area contributed by atoms with Gasteiger partial charge in [0.1, 0.15) is 5.75 Å². The van der Waals surface area contributed by atoms with Crippen LogP contribution in [0.25, 0.3) is 0 Å². The van der Waals surface area contributed by atoms with Crippen molar-refractivity contribution in [2.75, 3.05) is 19.4 Å². The highest BCUT2D eigenvalue weighted by Crippen LogP contribution is 2.28. The summed E-state index contributed by atoms with van der Waals surface area (Å²) in [7, 11) is -1.86. The van der Waals surface area contributed by atoms with Gasteiger partial charge in [0.15, 0.2) is 0 Å². The highest BCUT2D eigenvalue weighted by molar-refractivity contribution is 7.89. The highest BCUT2D eigenvalue weighted by Gasteiger charge is 2.33. The van der Waals surface area contributed by atoms with E-state index in [2.05, 4.69) is 10.8 Å². The summed E-state index contributed by atoms with van der Waals surface area (Å²) >= 11 is 0. The zero-order chi connectivity index (χ0) is 18.6. The molecule has 1 atom stereocenters. The molecule has 1 aliphatic carbocycles. The van der Waals surface area contributed by atoms with Gasteiger partial charge >= 0.3 is 0 Å². The lowest BCUT2D eigenvalue weighted by atomic mass is 9.80. The minimum absolute atomic E-state index is 0.00794. The predicted molar refractivity (Wildman–Crippen MR) is 102 cm³/mol. The summed E-state index contributed by atoms with van der Waals surface area (Å²) in [4.78, 5) is 0. The summed E-state index contributed by atoms with van der Waals surface area (Å²) in [5, 5.41) is 10.8. The number of aliphatic hydroxyl groups is 1. The van der Waals surface area contributed by atoms with Gasteiger partial charge in [-0.25, -0.2) is 13.1 Å². The smallest absolute Gasteiger partial charge is 0.212 e. The average Bonchev–Trinajstić information content (AvgIpc) is 2.65. The summed E-state index contributed by atoms with van der Waals surface area (Å²) in [5.41, 5.74) is 2.24. The Labute approximate surface area is 155 Å². The van der Waals surface area contributed by atoms with Crippen LogP contribution in [0, 0.1) is 0 Å². The first-order valence-electron chi connectivity index (χ1n) is 8.79. The van der Waals surface area contributed by atoms with Crippen LogP contribution in [-0.2, 0) is 29.3 Å². The summed E-state index contributed by atoms with van der Waals surface area (Å²) in [6, 6.07) is 15.4. The first-order valence-corrected chi connectivity index (χ1v) is 10.4.